The van der Waals surface area contributed by atoms with E-state index in [0.717, 1.165) is 33.8 Å². The first-order valence-electron chi connectivity index (χ1n) is 10.2. The van der Waals surface area contributed by atoms with Gasteiger partial charge in [0.2, 0.25) is 5.91 Å². The Kier molecular flexibility index (Phi) is 6.13. The third kappa shape index (κ3) is 4.83. The van der Waals surface area contributed by atoms with Crippen LogP contribution in [0.15, 0.2) is 83.3 Å². The smallest absolute Gasteiger partial charge is 0.224 e. The van der Waals surface area contributed by atoms with Crippen molar-refractivity contribution >= 4 is 11.6 Å². The topological polar surface area (TPSA) is 64.4 Å². The predicted octanol–water partition coefficient (Wildman–Crippen LogP) is 5.90. The van der Waals surface area contributed by atoms with Crippen LogP contribution in [0.5, 0.6) is 5.75 Å². The normalized spacial score (nSPS) is 10.6. The average Bonchev–Trinajstić information content (AvgIpc) is 3.24. The number of ether oxygens (including phenoxy) is 1. The summed E-state index contributed by atoms with van der Waals surface area (Å²) in [6, 6.07) is 25.4. The summed E-state index contributed by atoms with van der Waals surface area (Å²) in [5.41, 5.74) is 4.44. The second kappa shape index (κ2) is 9.30. The van der Waals surface area contributed by atoms with E-state index in [0.29, 0.717) is 18.1 Å². The number of anilines is 1. The van der Waals surface area contributed by atoms with Crippen LogP contribution in [0.1, 0.15) is 17.9 Å². The molecule has 31 heavy (non-hydrogen) atoms. The van der Waals surface area contributed by atoms with E-state index in [-0.39, 0.29) is 12.3 Å². The SMILES string of the molecule is COc1ccc(NC(=O)CCc2nc(-c3ccccc3)c(-c3ccccc3)o2)c(C)c1. The first kappa shape index (κ1) is 20.4. The Balaban J connectivity index is 1.51. The number of oxazole rings is 1. The van der Waals surface area contributed by atoms with E-state index >= 15 is 0 Å². The summed E-state index contributed by atoms with van der Waals surface area (Å²) in [7, 11) is 1.62. The minimum atomic E-state index is -0.0889. The number of aryl methyl sites for hydroxylation is 2. The highest BCUT2D eigenvalue weighted by molar-refractivity contribution is 5.91. The maximum atomic E-state index is 12.5. The largest absolute Gasteiger partial charge is 0.497 e. The number of rotatable bonds is 7. The van der Waals surface area contributed by atoms with Crippen molar-refractivity contribution in [3.05, 3.63) is 90.3 Å². The molecule has 0 spiro atoms. The molecule has 0 aliphatic carbocycles. The summed E-state index contributed by atoms with van der Waals surface area (Å²) >= 11 is 0. The van der Waals surface area contributed by atoms with Crippen LogP contribution < -0.4 is 10.1 Å². The van der Waals surface area contributed by atoms with Gasteiger partial charge in [0.05, 0.1) is 7.11 Å². The van der Waals surface area contributed by atoms with Crippen LogP contribution in [0.3, 0.4) is 0 Å². The Morgan fingerprint density at radius 2 is 1.65 bits per heavy atom. The van der Waals surface area contributed by atoms with Crippen molar-refractivity contribution in [1.29, 1.82) is 0 Å². The summed E-state index contributed by atoms with van der Waals surface area (Å²) in [6.07, 6.45) is 0.683. The third-order valence-electron chi connectivity index (χ3n) is 5.03. The first-order chi connectivity index (χ1) is 15.1. The molecule has 0 aliphatic rings. The van der Waals surface area contributed by atoms with Gasteiger partial charge in [0, 0.05) is 29.7 Å². The summed E-state index contributed by atoms with van der Waals surface area (Å²) in [4.78, 5) is 17.2. The lowest BCUT2D eigenvalue weighted by atomic mass is 10.1. The lowest BCUT2D eigenvalue weighted by Crippen LogP contribution is -2.13. The van der Waals surface area contributed by atoms with E-state index < -0.39 is 0 Å². The average molecular weight is 412 g/mol. The maximum absolute atomic E-state index is 12.5. The van der Waals surface area contributed by atoms with E-state index in [2.05, 4.69) is 5.32 Å². The van der Waals surface area contributed by atoms with Crippen LogP contribution in [0, 0.1) is 6.92 Å². The van der Waals surface area contributed by atoms with Crippen molar-refractivity contribution in [3.63, 3.8) is 0 Å². The second-order valence-corrected chi connectivity index (χ2v) is 7.25. The Morgan fingerprint density at radius 3 is 2.29 bits per heavy atom. The van der Waals surface area contributed by atoms with E-state index in [1.54, 1.807) is 7.11 Å². The molecule has 1 heterocycles. The van der Waals surface area contributed by atoms with Crippen molar-refractivity contribution < 1.29 is 13.9 Å². The minimum absolute atomic E-state index is 0.0889. The molecular weight excluding hydrogens is 388 g/mol. The van der Waals surface area contributed by atoms with Crippen LogP contribution in [0.25, 0.3) is 22.6 Å². The number of nitrogens with one attached hydrogen (secondary N) is 1. The van der Waals surface area contributed by atoms with Crippen molar-refractivity contribution in [2.75, 3.05) is 12.4 Å². The number of benzene rings is 3. The molecule has 1 amide bonds. The molecule has 0 atom stereocenters. The number of amides is 1. The molecular formula is C26H24N2O3. The standard InChI is InChI=1S/C26H24N2O3/c1-18-17-21(30-2)13-14-22(18)27-23(29)15-16-24-28-25(19-9-5-3-6-10-19)26(31-24)20-11-7-4-8-12-20/h3-14,17H,15-16H2,1-2H3,(H,27,29). The van der Waals surface area contributed by atoms with E-state index in [4.69, 9.17) is 14.1 Å². The van der Waals surface area contributed by atoms with Gasteiger partial charge in [-0.15, -0.1) is 0 Å². The Labute approximate surface area is 181 Å². The van der Waals surface area contributed by atoms with Gasteiger partial charge in [-0.3, -0.25) is 4.79 Å². The van der Waals surface area contributed by atoms with Crippen LogP contribution in [0.4, 0.5) is 5.69 Å². The number of carbonyl (C=O) groups is 1. The quantitative estimate of drug-likeness (QED) is 0.411. The Hall–Kier alpha value is -3.86. The van der Waals surface area contributed by atoms with Gasteiger partial charge in [-0.1, -0.05) is 60.7 Å². The molecule has 3 aromatic carbocycles. The Bertz CT molecular complexity index is 1110. The second-order valence-electron chi connectivity index (χ2n) is 7.25. The lowest BCUT2D eigenvalue weighted by Gasteiger charge is -2.09. The Morgan fingerprint density at radius 1 is 0.968 bits per heavy atom. The molecule has 156 valence electrons. The minimum Gasteiger partial charge on any atom is -0.497 e. The summed E-state index contributed by atoms with van der Waals surface area (Å²) < 4.78 is 11.3. The van der Waals surface area contributed by atoms with Gasteiger partial charge >= 0.3 is 0 Å². The number of carbonyl (C=O) groups excluding carboxylic acids is 1. The molecule has 1 aromatic heterocycles. The number of nitrogens with zero attached hydrogens (tertiary/aromatic N) is 1. The fourth-order valence-electron chi connectivity index (χ4n) is 3.38. The molecule has 0 aliphatic heterocycles. The number of methoxy groups -OCH3 is 1. The third-order valence-corrected chi connectivity index (χ3v) is 5.03. The van der Waals surface area contributed by atoms with Gasteiger partial charge in [0.1, 0.15) is 11.4 Å². The van der Waals surface area contributed by atoms with Gasteiger partial charge in [0.25, 0.3) is 0 Å². The zero-order valence-corrected chi connectivity index (χ0v) is 17.6. The van der Waals surface area contributed by atoms with Gasteiger partial charge in [-0.05, 0) is 30.7 Å². The highest BCUT2D eigenvalue weighted by Crippen LogP contribution is 2.33. The van der Waals surface area contributed by atoms with E-state index in [1.807, 2.05) is 85.8 Å². The highest BCUT2D eigenvalue weighted by atomic mass is 16.5. The van der Waals surface area contributed by atoms with Crippen LogP contribution in [-0.4, -0.2) is 18.0 Å². The van der Waals surface area contributed by atoms with Crippen LogP contribution in [-0.2, 0) is 11.2 Å². The molecule has 4 rings (SSSR count). The highest BCUT2D eigenvalue weighted by Gasteiger charge is 2.17. The van der Waals surface area contributed by atoms with Crippen molar-refractivity contribution in [3.8, 4) is 28.3 Å². The zero-order chi connectivity index (χ0) is 21.6. The molecule has 0 saturated carbocycles. The monoisotopic (exact) mass is 412 g/mol. The van der Waals surface area contributed by atoms with Crippen LogP contribution >= 0.6 is 0 Å². The molecule has 0 radical (unpaired) electrons. The van der Waals surface area contributed by atoms with Crippen molar-refractivity contribution in [2.24, 2.45) is 0 Å². The van der Waals surface area contributed by atoms with Gasteiger partial charge in [-0.2, -0.15) is 0 Å². The summed E-state index contributed by atoms with van der Waals surface area (Å²) in [5, 5.41) is 2.95. The molecule has 0 unspecified atom stereocenters. The fourth-order valence-corrected chi connectivity index (χ4v) is 3.38. The van der Waals surface area contributed by atoms with Gasteiger partial charge in [0.15, 0.2) is 11.7 Å². The molecule has 5 nitrogen and oxygen atoms in total. The fraction of sp³-hybridized carbons (Fsp3) is 0.154. The molecule has 4 aromatic rings. The first-order valence-corrected chi connectivity index (χ1v) is 10.2. The van der Waals surface area contributed by atoms with Crippen molar-refractivity contribution in [2.45, 2.75) is 19.8 Å². The summed E-state index contributed by atoms with van der Waals surface area (Å²) in [5.74, 6) is 1.93. The molecule has 0 bridgehead atoms. The predicted molar refractivity (Wildman–Crippen MR) is 122 cm³/mol. The maximum Gasteiger partial charge on any atom is 0.224 e. The van der Waals surface area contributed by atoms with Gasteiger partial charge < -0.3 is 14.5 Å². The number of hydrogen-bond acceptors (Lipinski definition) is 4. The van der Waals surface area contributed by atoms with Crippen molar-refractivity contribution in [1.82, 2.24) is 4.98 Å². The molecule has 0 fully saturated rings. The molecule has 0 saturated heterocycles. The number of hydrogen-bond donors (Lipinski definition) is 1. The van der Waals surface area contributed by atoms with Crippen LogP contribution in [0.2, 0.25) is 0 Å². The van der Waals surface area contributed by atoms with Gasteiger partial charge in [-0.25, -0.2) is 4.98 Å². The zero-order valence-electron chi connectivity index (χ0n) is 17.6. The molecule has 5 heteroatoms. The number of aromatic nitrogens is 1. The summed E-state index contributed by atoms with van der Waals surface area (Å²) in [6.45, 7) is 1.94. The van der Waals surface area contributed by atoms with E-state index in [1.165, 1.54) is 0 Å². The lowest BCUT2D eigenvalue weighted by molar-refractivity contribution is -0.116. The molecule has 1 N–H and O–H groups in total. The van der Waals surface area contributed by atoms with E-state index in [9.17, 15) is 4.79 Å².